The number of nitro groups is 2. The number of hydrogen-bond donors (Lipinski definition) is 1. The number of aromatic nitrogens is 1. The van der Waals surface area contributed by atoms with Crippen LogP contribution in [0, 0.1) is 26.1 Å². The molecule has 3 fully saturated rings. The zero-order valence-electron chi connectivity index (χ0n) is 12.8. The molecule has 1 N–H and O–H groups in total. The molecule has 7 atom stereocenters. The van der Waals surface area contributed by atoms with Crippen LogP contribution in [0.1, 0.15) is 18.0 Å². The standard InChI is InChI=1S/C14H17N3O7/c1-15-4-2-3-8(15)10-11(16(19)20)7-5-14(18,12(10)17(21)22)13-23-6-9(7)24-13/h2-4,7,9-13,18H,5-6H2,1H3/t7-,9+,10?,11?,12?,13+,14+/m0/s1. The van der Waals surface area contributed by atoms with Crippen LogP contribution in [0.4, 0.5) is 0 Å². The fourth-order valence-electron chi connectivity index (χ4n) is 4.63. The number of rotatable bonds is 3. The van der Waals surface area contributed by atoms with Crippen molar-refractivity contribution < 1.29 is 24.4 Å². The van der Waals surface area contributed by atoms with E-state index in [1.54, 1.807) is 29.9 Å². The van der Waals surface area contributed by atoms with E-state index in [0.717, 1.165) is 0 Å². The molecular weight excluding hydrogens is 322 g/mol. The lowest BCUT2D eigenvalue weighted by Crippen LogP contribution is -2.69. The smallest absolute Gasteiger partial charge is 0.261 e. The molecule has 2 aliphatic heterocycles. The van der Waals surface area contributed by atoms with Crippen LogP contribution in [0.3, 0.4) is 0 Å². The van der Waals surface area contributed by atoms with Crippen LogP contribution in [0.2, 0.25) is 0 Å². The molecule has 0 spiro atoms. The van der Waals surface area contributed by atoms with Crippen molar-refractivity contribution >= 4 is 0 Å². The Labute approximate surface area is 136 Å². The van der Waals surface area contributed by atoms with E-state index in [2.05, 4.69) is 0 Å². The lowest BCUT2D eigenvalue weighted by Gasteiger charge is -2.48. The predicted molar refractivity (Wildman–Crippen MR) is 77.4 cm³/mol. The maximum Gasteiger partial charge on any atom is 0.261 e. The third-order valence-electron chi connectivity index (χ3n) is 5.61. The summed E-state index contributed by atoms with van der Waals surface area (Å²) in [7, 11) is 1.68. The van der Waals surface area contributed by atoms with Crippen molar-refractivity contribution in [1.82, 2.24) is 4.57 Å². The third-order valence-corrected chi connectivity index (χ3v) is 5.61. The van der Waals surface area contributed by atoms with Crippen molar-refractivity contribution in [2.75, 3.05) is 6.61 Å². The minimum atomic E-state index is -1.89. The van der Waals surface area contributed by atoms with Crippen molar-refractivity contribution in [3.63, 3.8) is 0 Å². The van der Waals surface area contributed by atoms with Gasteiger partial charge in [0.15, 0.2) is 11.9 Å². The van der Waals surface area contributed by atoms with Crippen LogP contribution < -0.4 is 0 Å². The Hall–Kier alpha value is -2.04. The molecular formula is C14H17N3O7. The predicted octanol–water partition coefficient (Wildman–Crippen LogP) is -0.0946. The van der Waals surface area contributed by atoms with Crippen molar-refractivity contribution in [2.45, 2.75) is 42.4 Å². The first-order valence-corrected chi connectivity index (χ1v) is 7.72. The highest BCUT2D eigenvalue weighted by Crippen LogP contribution is 2.53. The molecule has 0 amide bonds. The number of ether oxygens (including phenoxy) is 2. The van der Waals surface area contributed by atoms with Gasteiger partial charge in [-0.05, 0) is 18.6 Å². The van der Waals surface area contributed by atoms with Gasteiger partial charge in [0.2, 0.25) is 6.04 Å². The van der Waals surface area contributed by atoms with Gasteiger partial charge in [0.25, 0.3) is 6.04 Å². The van der Waals surface area contributed by atoms with E-state index in [9.17, 15) is 25.3 Å². The Bertz CT molecular complexity index is 706. The molecule has 1 aliphatic carbocycles. The summed E-state index contributed by atoms with van der Waals surface area (Å²) in [6.45, 7) is 0.103. The highest BCUT2D eigenvalue weighted by molar-refractivity contribution is 5.24. The molecule has 3 aliphatic rings. The number of aliphatic hydroxyl groups is 1. The Balaban J connectivity index is 1.92. The lowest BCUT2D eigenvalue weighted by molar-refractivity contribution is -0.607. The molecule has 10 heteroatoms. The van der Waals surface area contributed by atoms with Gasteiger partial charge in [-0.3, -0.25) is 20.2 Å². The number of fused-ring (bicyclic) bond motifs is 6. The van der Waals surface area contributed by atoms with Crippen molar-refractivity contribution in [3.05, 3.63) is 44.3 Å². The van der Waals surface area contributed by atoms with Crippen LogP contribution in [-0.2, 0) is 16.5 Å². The molecule has 0 aromatic carbocycles. The minimum absolute atomic E-state index is 0.0689. The van der Waals surface area contributed by atoms with Gasteiger partial charge in [0, 0.05) is 28.8 Å². The van der Waals surface area contributed by atoms with Gasteiger partial charge in [-0.2, -0.15) is 0 Å². The van der Waals surface area contributed by atoms with E-state index in [4.69, 9.17) is 9.47 Å². The Morgan fingerprint density at radius 3 is 2.71 bits per heavy atom. The molecule has 2 saturated heterocycles. The molecule has 1 saturated carbocycles. The molecule has 3 heterocycles. The second-order valence-corrected chi connectivity index (χ2v) is 6.77. The second kappa shape index (κ2) is 4.98. The van der Waals surface area contributed by atoms with Gasteiger partial charge in [0.05, 0.1) is 18.6 Å². The fraction of sp³-hybridized carbons (Fsp3) is 0.714. The molecule has 4 bridgehead atoms. The molecule has 24 heavy (non-hydrogen) atoms. The highest BCUT2D eigenvalue weighted by Gasteiger charge is 2.73. The molecule has 4 rings (SSSR count). The fourth-order valence-corrected chi connectivity index (χ4v) is 4.63. The molecule has 0 radical (unpaired) electrons. The summed E-state index contributed by atoms with van der Waals surface area (Å²) in [5, 5.41) is 34.7. The first-order valence-electron chi connectivity index (χ1n) is 7.72. The van der Waals surface area contributed by atoms with E-state index >= 15 is 0 Å². The van der Waals surface area contributed by atoms with Gasteiger partial charge >= 0.3 is 0 Å². The molecule has 1 aromatic heterocycles. The van der Waals surface area contributed by atoms with Gasteiger partial charge in [-0.1, -0.05) is 0 Å². The van der Waals surface area contributed by atoms with E-state index in [0.29, 0.717) is 5.69 Å². The maximum atomic E-state index is 11.8. The largest absolute Gasteiger partial charge is 0.378 e. The number of hydrogen-bond acceptors (Lipinski definition) is 7. The first-order chi connectivity index (χ1) is 11.3. The SMILES string of the molecule is Cn1cccc1C1C([N+](=O)[O-])[C@H]2C[C@@](O)(C1[N+](=O)[O-])[C@@H]1OC[C@H]2O1. The van der Waals surface area contributed by atoms with Crippen LogP contribution >= 0.6 is 0 Å². The summed E-state index contributed by atoms with van der Waals surface area (Å²) >= 11 is 0. The maximum absolute atomic E-state index is 11.8. The minimum Gasteiger partial charge on any atom is -0.378 e. The van der Waals surface area contributed by atoms with E-state index in [1.165, 1.54) is 0 Å². The van der Waals surface area contributed by atoms with Crippen molar-refractivity contribution in [2.24, 2.45) is 13.0 Å². The Morgan fingerprint density at radius 1 is 1.38 bits per heavy atom. The summed E-state index contributed by atoms with van der Waals surface area (Å²) in [4.78, 5) is 22.5. The van der Waals surface area contributed by atoms with Crippen molar-refractivity contribution in [3.8, 4) is 0 Å². The first kappa shape index (κ1) is 15.5. The lowest BCUT2D eigenvalue weighted by atomic mass is 9.62. The van der Waals surface area contributed by atoms with Gasteiger partial charge in [0.1, 0.15) is 5.92 Å². The Morgan fingerprint density at radius 2 is 2.12 bits per heavy atom. The summed E-state index contributed by atoms with van der Waals surface area (Å²) in [5.41, 5.74) is -1.43. The summed E-state index contributed by atoms with van der Waals surface area (Å²) in [5.74, 6) is -1.70. The Kier molecular flexibility index (Phi) is 3.21. The molecule has 3 unspecified atom stereocenters. The number of aryl methyl sites for hydroxylation is 1. The van der Waals surface area contributed by atoms with Crippen molar-refractivity contribution in [1.29, 1.82) is 0 Å². The normalized spacial score (nSPS) is 43.6. The summed E-state index contributed by atoms with van der Waals surface area (Å²) < 4.78 is 12.6. The quantitative estimate of drug-likeness (QED) is 0.601. The zero-order valence-corrected chi connectivity index (χ0v) is 12.8. The zero-order chi connectivity index (χ0) is 17.2. The molecule has 130 valence electrons. The monoisotopic (exact) mass is 339 g/mol. The molecule has 1 aromatic rings. The van der Waals surface area contributed by atoms with Gasteiger partial charge in [-0.15, -0.1) is 0 Å². The third kappa shape index (κ3) is 1.87. The second-order valence-electron chi connectivity index (χ2n) is 6.77. The van der Waals surface area contributed by atoms with E-state index in [-0.39, 0.29) is 13.0 Å². The molecule has 10 nitrogen and oxygen atoms in total. The van der Waals surface area contributed by atoms with Crippen LogP contribution in [0.15, 0.2) is 18.3 Å². The average Bonchev–Trinajstić information content (AvgIpc) is 3.11. The van der Waals surface area contributed by atoms with Gasteiger partial charge < -0.3 is 19.1 Å². The highest BCUT2D eigenvalue weighted by atomic mass is 16.7. The van der Waals surface area contributed by atoms with Crippen LogP contribution in [0.5, 0.6) is 0 Å². The van der Waals surface area contributed by atoms with Crippen LogP contribution in [0.25, 0.3) is 0 Å². The summed E-state index contributed by atoms with van der Waals surface area (Å²) in [6.07, 6.45) is -0.0364. The topological polar surface area (TPSA) is 130 Å². The number of nitrogens with zero attached hydrogens (tertiary/aromatic N) is 3. The average molecular weight is 339 g/mol. The van der Waals surface area contributed by atoms with Gasteiger partial charge in [-0.25, -0.2) is 0 Å². The summed E-state index contributed by atoms with van der Waals surface area (Å²) in [6, 6.07) is 0.508. The van der Waals surface area contributed by atoms with E-state index in [1.807, 2.05) is 0 Å². The van der Waals surface area contributed by atoms with Crippen LogP contribution in [-0.4, -0.2) is 56.2 Å². The van der Waals surface area contributed by atoms with E-state index < -0.39 is 51.8 Å².